The third-order valence-electron chi connectivity index (χ3n) is 3.48. The molecule has 0 amide bonds. The third kappa shape index (κ3) is 4.20. The zero-order chi connectivity index (χ0) is 18.7. The smallest absolute Gasteiger partial charge is 0.328 e. The molecule has 1 heterocycles. The van der Waals surface area contributed by atoms with Crippen LogP contribution in [0.15, 0.2) is 36.4 Å². The molecule has 0 aliphatic heterocycles. The summed E-state index contributed by atoms with van der Waals surface area (Å²) in [6.45, 7) is 3.76. The molecule has 0 spiro atoms. The molecule has 0 bridgehead atoms. The Hall–Kier alpha value is -2.88. The minimum Gasteiger partial charge on any atom is -0.424 e. The molecule has 0 aliphatic carbocycles. The van der Waals surface area contributed by atoms with Crippen LogP contribution in [0.3, 0.4) is 0 Å². The number of rotatable bonds is 4. The van der Waals surface area contributed by atoms with Gasteiger partial charge in [0.1, 0.15) is 5.75 Å². The maximum Gasteiger partial charge on any atom is 0.328 e. The predicted molar refractivity (Wildman–Crippen MR) is 100 cm³/mol. The van der Waals surface area contributed by atoms with Crippen LogP contribution >= 0.6 is 23.2 Å². The number of aryl methyl sites for hydroxylation is 2. The summed E-state index contributed by atoms with van der Waals surface area (Å²) in [4.78, 5) is 12.3. The Labute approximate surface area is 160 Å². The Morgan fingerprint density at radius 3 is 2.27 bits per heavy atom. The van der Waals surface area contributed by atoms with Gasteiger partial charge in [-0.2, -0.15) is 20.2 Å². The van der Waals surface area contributed by atoms with E-state index in [1.807, 2.05) is 13.8 Å². The molecule has 1 aromatic heterocycles. The van der Waals surface area contributed by atoms with E-state index in [9.17, 15) is 0 Å². The fourth-order valence-corrected chi connectivity index (χ4v) is 2.82. The van der Waals surface area contributed by atoms with E-state index in [-0.39, 0.29) is 17.2 Å². The number of hydrogen-bond acceptors (Lipinski definition) is 6. The fourth-order valence-electron chi connectivity index (χ4n) is 2.34. The van der Waals surface area contributed by atoms with Crippen molar-refractivity contribution < 1.29 is 4.74 Å². The first-order valence-corrected chi connectivity index (χ1v) is 8.33. The normalized spacial score (nSPS) is 10.3. The average molecular weight is 386 g/mol. The van der Waals surface area contributed by atoms with Gasteiger partial charge in [-0.25, -0.2) is 0 Å². The molecule has 0 radical (unpaired) electrons. The van der Waals surface area contributed by atoms with Crippen LogP contribution in [0.5, 0.6) is 11.8 Å². The van der Waals surface area contributed by atoms with Gasteiger partial charge in [0.15, 0.2) is 0 Å². The van der Waals surface area contributed by atoms with Gasteiger partial charge < -0.3 is 10.1 Å². The van der Waals surface area contributed by atoms with Crippen molar-refractivity contribution in [2.45, 2.75) is 13.8 Å². The minimum atomic E-state index is -0.00425. The lowest BCUT2D eigenvalue weighted by Crippen LogP contribution is -2.02. The molecule has 2 aromatic carbocycles. The van der Waals surface area contributed by atoms with Crippen molar-refractivity contribution in [3.63, 3.8) is 0 Å². The van der Waals surface area contributed by atoms with Gasteiger partial charge in [-0.15, -0.1) is 0 Å². The van der Waals surface area contributed by atoms with E-state index in [0.29, 0.717) is 22.0 Å². The highest BCUT2D eigenvalue weighted by atomic mass is 35.5. The van der Waals surface area contributed by atoms with Crippen LogP contribution in [-0.2, 0) is 0 Å². The molecule has 0 aliphatic rings. The second kappa shape index (κ2) is 7.56. The highest BCUT2D eigenvalue weighted by molar-refractivity contribution is 6.30. The number of halogens is 2. The van der Waals surface area contributed by atoms with Crippen LogP contribution in [0, 0.1) is 25.2 Å². The molecule has 0 saturated heterocycles. The molecular formula is C18H13Cl2N5O. The van der Waals surface area contributed by atoms with Gasteiger partial charge in [0.05, 0.1) is 11.6 Å². The van der Waals surface area contributed by atoms with E-state index in [0.717, 1.165) is 11.1 Å². The molecular weight excluding hydrogens is 373 g/mol. The first-order valence-electron chi connectivity index (χ1n) is 7.58. The van der Waals surface area contributed by atoms with Gasteiger partial charge in [0.25, 0.3) is 0 Å². The number of ether oxygens (including phenoxy) is 1. The summed E-state index contributed by atoms with van der Waals surface area (Å²) in [5, 5.41) is 12.5. The topological polar surface area (TPSA) is 83.7 Å². The molecule has 130 valence electrons. The van der Waals surface area contributed by atoms with E-state index in [1.165, 1.54) is 0 Å². The standard InChI is InChI=1S/C18H13Cl2N5O/c1-10-7-13(19)8-11(2)15(10)26-18-24-16(20)23-17(25-18)22-14-5-3-12(9-21)4-6-14/h3-8H,1-2H3,(H,22,23,24,25). The number of nitrogens with zero attached hydrogens (tertiary/aromatic N) is 4. The van der Waals surface area contributed by atoms with Crippen LogP contribution in [-0.4, -0.2) is 15.0 Å². The number of aromatic nitrogens is 3. The van der Waals surface area contributed by atoms with Crippen molar-refractivity contribution in [2.24, 2.45) is 0 Å². The Bertz CT molecular complexity index is 976. The second-order valence-corrected chi connectivity index (χ2v) is 6.27. The maximum atomic E-state index is 8.85. The van der Waals surface area contributed by atoms with Crippen molar-refractivity contribution in [3.05, 3.63) is 63.4 Å². The summed E-state index contributed by atoms with van der Waals surface area (Å²) in [6.07, 6.45) is 0. The SMILES string of the molecule is Cc1cc(Cl)cc(C)c1Oc1nc(Cl)nc(Nc2ccc(C#N)cc2)n1. The highest BCUT2D eigenvalue weighted by Gasteiger charge is 2.12. The third-order valence-corrected chi connectivity index (χ3v) is 3.86. The largest absolute Gasteiger partial charge is 0.424 e. The quantitative estimate of drug-likeness (QED) is 0.663. The van der Waals surface area contributed by atoms with E-state index in [1.54, 1.807) is 36.4 Å². The minimum absolute atomic E-state index is 0.00425. The van der Waals surface area contributed by atoms with Crippen LogP contribution in [0.2, 0.25) is 10.3 Å². The number of hydrogen-bond donors (Lipinski definition) is 1. The van der Waals surface area contributed by atoms with Crippen molar-refractivity contribution >= 4 is 34.8 Å². The Morgan fingerprint density at radius 1 is 1.00 bits per heavy atom. The Morgan fingerprint density at radius 2 is 1.65 bits per heavy atom. The molecule has 0 fully saturated rings. The zero-order valence-electron chi connectivity index (χ0n) is 13.9. The highest BCUT2D eigenvalue weighted by Crippen LogP contribution is 2.30. The van der Waals surface area contributed by atoms with Gasteiger partial charge in [0, 0.05) is 10.7 Å². The summed E-state index contributed by atoms with van der Waals surface area (Å²) in [5.41, 5.74) is 2.97. The molecule has 0 atom stereocenters. The Balaban J connectivity index is 1.87. The molecule has 3 rings (SSSR count). The van der Waals surface area contributed by atoms with Crippen molar-refractivity contribution in [1.29, 1.82) is 5.26 Å². The number of nitrogens with one attached hydrogen (secondary N) is 1. The van der Waals surface area contributed by atoms with E-state index in [4.69, 9.17) is 33.2 Å². The molecule has 0 saturated carbocycles. The van der Waals surface area contributed by atoms with Crippen molar-refractivity contribution in [2.75, 3.05) is 5.32 Å². The lowest BCUT2D eigenvalue weighted by atomic mass is 10.1. The van der Waals surface area contributed by atoms with Crippen LogP contribution < -0.4 is 10.1 Å². The van der Waals surface area contributed by atoms with Gasteiger partial charge >= 0.3 is 6.01 Å². The second-order valence-electron chi connectivity index (χ2n) is 5.50. The molecule has 0 unspecified atom stereocenters. The van der Waals surface area contributed by atoms with E-state index >= 15 is 0 Å². The molecule has 26 heavy (non-hydrogen) atoms. The predicted octanol–water partition coefficient (Wildman–Crippen LogP) is 5.20. The monoisotopic (exact) mass is 385 g/mol. The summed E-state index contributed by atoms with van der Waals surface area (Å²) >= 11 is 12.0. The summed E-state index contributed by atoms with van der Waals surface area (Å²) < 4.78 is 5.80. The maximum absolute atomic E-state index is 8.85. The lowest BCUT2D eigenvalue weighted by Gasteiger charge is -2.12. The van der Waals surface area contributed by atoms with Crippen molar-refractivity contribution in [1.82, 2.24) is 15.0 Å². The first kappa shape index (κ1) is 17.9. The molecule has 8 heteroatoms. The zero-order valence-corrected chi connectivity index (χ0v) is 15.4. The average Bonchev–Trinajstić information content (AvgIpc) is 2.58. The van der Waals surface area contributed by atoms with E-state index in [2.05, 4.69) is 26.3 Å². The number of benzene rings is 2. The summed E-state index contributed by atoms with van der Waals surface area (Å²) in [7, 11) is 0. The van der Waals surface area contributed by atoms with E-state index < -0.39 is 0 Å². The Kier molecular flexibility index (Phi) is 5.21. The summed E-state index contributed by atoms with van der Waals surface area (Å²) in [5.74, 6) is 0.843. The van der Waals surface area contributed by atoms with Gasteiger partial charge in [-0.05, 0) is 73.0 Å². The fraction of sp³-hybridized carbons (Fsp3) is 0.111. The van der Waals surface area contributed by atoms with Crippen molar-refractivity contribution in [3.8, 4) is 17.8 Å². The van der Waals surface area contributed by atoms with Crippen LogP contribution in [0.25, 0.3) is 0 Å². The van der Waals surface area contributed by atoms with Gasteiger partial charge in [-0.1, -0.05) is 11.6 Å². The van der Waals surface area contributed by atoms with Gasteiger partial charge in [0.2, 0.25) is 11.2 Å². The molecule has 6 nitrogen and oxygen atoms in total. The molecule has 3 aromatic rings. The number of nitriles is 1. The summed E-state index contributed by atoms with van der Waals surface area (Å²) in [6, 6.07) is 12.6. The lowest BCUT2D eigenvalue weighted by molar-refractivity contribution is 0.434. The number of anilines is 2. The first-order chi connectivity index (χ1) is 12.4. The van der Waals surface area contributed by atoms with Crippen LogP contribution in [0.4, 0.5) is 11.6 Å². The molecule has 1 N–H and O–H groups in total. The van der Waals surface area contributed by atoms with Crippen LogP contribution in [0.1, 0.15) is 16.7 Å². The van der Waals surface area contributed by atoms with Gasteiger partial charge in [-0.3, -0.25) is 0 Å².